The summed E-state index contributed by atoms with van der Waals surface area (Å²) in [4.78, 5) is 37.2. The Morgan fingerprint density at radius 1 is 1.26 bits per heavy atom. The first-order valence-electron chi connectivity index (χ1n) is 9.00. The number of allylic oxidation sites excluding steroid dienone is 1. The van der Waals surface area contributed by atoms with Gasteiger partial charge in [-0.25, -0.2) is 4.79 Å². The molecule has 142 valence electrons. The smallest absolute Gasteiger partial charge is 0.335 e. The van der Waals surface area contributed by atoms with Crippen molar-refractivity contribution in [2.75, 3.05) is 18.6 Å². The molecule has 0 unspecified atom stereocenters. The normalized spacial score (nSPS) is 16.7. The highest BCUT2D eigenvalue weighted by Crippen LogP contribution is 2.48. The molecule has 6 heteroatoms. The van der Waals surface area contributed by atoms with Gasteiger partial charge in [-0.15, -0.1) is 0 Å². The van der Waals surface area contributed by atoms with E-state index >= 15 is 0 Å². The third kappa shape index (κ3) is 2.95. The Balaban J connectivity index is 2.03. The summed E-state index contributed by atoms with van der Waals surface area (Å²) in [7, 11) is 1.86. The number of benzene rings is 1. The molecule has 27 heavy (non-hydrogen) atoms. The maximum Gasteiger partial charge on any atom is 0.335 e. The minimum Gasteiger partial charge on any atom is -0.489 e. The fourth-order valence-corrected chi connectivity index (χ4v) is 3.54. The molecular weight excluding hydrogens is 346 g/mol. The zero-order chi connectivity index (χ0) is 19.9. The van der Waals surface area contributed by atoms with Crippen molar-refractivity contribution in [2.45, 2.75) is 39.0 Å². The van der Waals surface area contributed by atoms with Crippen LogP contribution in [0.1, 0.15) is 55.1 Å². The number of hydrogen-bond acceptors (Lipinski definition) is 5. The van der Waals surface area contributed by atoms with Crippen LogP contribution in [0.15, 0.2) is 33.5 Å². The van der Waals surface area contributed by atoms with E-state index in [0.717, 1.165) is 29.8 Å². The number of carboxylic acids is 1. The van der Waals surface area contributed by atoms with Crippen LogP contribution in [0.3, 0.4) is 0 Å². The van der Waals surface area contributed by atoms with Crippen LogP contribution in [-0.2, 0) is 5.41 Å². The molecule has 1 aliphatic rings. The highest BCUT2D eigenvalue weighted by atomic mass is 16.5. The number of rotatable bonds is 6. The molecule has 0 aliphatic carbocycles. The quantitative estimate of drug-likeness (QED) is 0.623. The molecule has 1 heterocycles. The molecule has 0 amide bonds. The minimum absolute atomic E-state index is 0.132. The summed E-state index contributed by atoms with van der Waals surface area (Å²) in [6.07, 6.45) is 3.44. The number of carbonyl (C=O) groups is 1. The van der Waals surface area contributed by atoms with E-state index in [0.29, 0.717) is 6.61 Å². The van der Waals surface area contributed by atoms with Crippen molar-refractivity contribution < 1.29 is 14.6 Å². The van der Waals surface area contributed by atoms with Crippen molar-refractivity contribution in [1.82, 2.24) is 0 Å². The van der Waals surface area contributed by atoms with Crippen LogP contribution in [0.4, 0.5) is 5.69 Å². The third-order valence-electron chi connectivity index (χ3n) is 5.21. The van der Waals surface area contributed by atoms with Gasteiger partial charge >= 0.3 is 5.97 Å². The molecule has 6 nitrogen and oxygen atoms in total. The molecule has 0 fully saturated rings. The summed E-state index contributed by atoms with van der Waals surface area (Å²) in [5, 5.41) is 9.28. The third-order valence-corrected chi connectivity index (χ3v) is 5.21. The van der Waals surface area contributed by atoms with Crippen LogP contribution in [0, 0.1) is 0 Å². The maximum atomic E-state index is 12.1. The average molecular weight is 369 g/mol. The number of nitrogens with zero attached hydrogens (tertiary/aromatic N) is 1. The lowest BCUT2D eigenvalue weighted by molar-refractivity contribution is 0.0697. The van der Waals surface area contributed by atoms with Gasteiger partial charge in [-0.2, -0.15) is 0 Å². The van der Waals surface area contributed by atoms with Crippen LogP contribution in [0.2, 0.25) is 0 Å². The Morgan fingerprint density at radius 3 is 2.59 bits per heavy atom. The van der Waals surface area contributed by atoms with Gasteiger partial charge in [0, 0.05) is 23.8 Å². The van der Waals surface area contributed by atoms with Crippen LogP contribution >= 0.6 is 0 Å². The lowest BCUT2D eigenvalue weighted by atomic mass is 9.82. The predicted molar refractivity (Wildman–Crippen MR) is 105 cm³/mol. The predicted octanol–water partition coefficient (Wildman–Crippen LogP) is 2.93. The van der Waals surface area contributed by atoms with Gasteiger partial charge in [-0.1, -0.05) is 27.2 Å². The van der Waals surface area contributed by atoms with Gasteiger partial charge in [0.05, 0.1) is 17.7 Å². The van der Waals surface area contributed by atoms with Gasteiger partial charge in [0.25, 0.3) is 5.43 Å². The van der Waals surface area contributed by atoms with Crippen LogP contribution in [0.5, 0.6) is 5.75 Å². The van der Waals surface area contributed by atoms with Crippen molar-refractivity contribution in [1.29, 1.82) is 0 Å². The van der Waals surface area contributed by atoms with Crippen LogP contribution in [0.25, 0.3) is 6.08 Å². The monoisotopic (exact) mass is 369 g/mol. The van der Waals surface area contributed by atoms with E-state index in [4.69, 9.17) is 4.74 Å². The summed E-state index contributed by atoms with van der Waals surface area (Å²) < 4.78 is 5.52. The standard InChI is InChI=1S/C21H23NO5/c1-5-6-9-27-19-13(17(23)18(19)24)11-16-21(2,3)14-10-12(20(25)26)7-8-15(14)22(16)4/h7-8,10-11H,5-6,9H2,1-4H3,(H,25,26). The SMILES string of the molecule is CCCCOc1c(C=C2N(C)c3ccc(C(=O)O)cc3C2(C)C)c(=O)c1=O. The molecule has 0 atom stereocenters. The second kappa shape index (κ2) is 6.68. The van der Waals surface area contributed by atoms with Crippen LogP contribution < -0.4 is 20.5 Å². The Bertz CT molecular complexity index is 1010. The zero-order valence-corrected chi connectivity index (χ0v) is 16.0. The lowest BCUT2D eigenvalue weighted by Crippen LogP contribution is -2.36. The van der Waals surface area contributed by atoms with Gasteiger partial charge in [-0.05, 0) is 36.3 Å². The minimum atomic E-state index is -0.984. The van der Waals surface area contributed by atoms with E-state index < -0.39 is 22.2 Å². The van der Waals surface area contributed by atoms with E-state index in [2.05, 4.69) is 0 Å². The van der Waals surface area contributed by atoms with Crippen LogP contribution in [-0.4, -0.2) is 24.7 Å². The van der Waals surface area contributed by atoms with Gasteiger partial charge in [0.15, 0.2) is 5.75 Å². The molecule has 1 aliphatic heterocycles. The molecule has 1 N–H and O–H groups in total. The topological polar surface area (TPSA) is 83.9 Å². The lowest BCUT2D eigenvalue weighted by Gasteiger charge is -2.24. The molecule has 0 bridgehead atoms. The van der Waals surface area contributed by atoms with Gasteiger partial charge < -0.3 is 14.7 Å². The molecule has 0 radical (unpaired) electrons. The van der Waals surface area contributed by atoms with Crippen molar-refractivity contribution in [3.8, 4) is 5.75 Å². The number of aromatic carboxylic acids is 1. The van der Waals surface area contributed by atoms with E-state index in [1.165, 1.54) is 0 Å². The molecule has 2 aromatic rings. The van der Waals surface area contributed by atoms with Gasteiger partial charge in [-0.3, -0.25) is 9.59 Å². The highest BCUT2D eigenvalue weighted by molar-refractivity contribution is 5.90. The van der Waals surface area contributed by atoms with Gasteiger partial charge in [0.1, 0.15) is 0 Å². The summed E-state index contributed by atoms with van der Waals surface area (Å²) in [6.45, 7) is 6.36. The number of unbranched alkanes of at least 4 members (excludes halogenated alkanes) is 1. The number of fused-ring (bicyclic) bond motifs is 1. The highest BCUT2D eigenvalue weighted by Gasteiger charge is 2.39. The van der Waals surface area contributed by atoms with E-state index in [-0.39, 0.29) is 16.9 Å². The summed E-state index contributed by atoms with van der Waals surface area (Å²) >= 11 is 0. The zero-order valence-electron chi connectivity index (χ0n) is 16.0. The molecule has 0 saturated heterocycles. The van der Waals surface area contributed by atoms with E-state index in [1.807, 2.05) is 32.7 Å². The fourth-order valence-electron chi connectivity index (χ4n) is 3.54. The van der Waals surface area contributed by atoms with Gasteiger partial charge in [0.2, 0.25) is 5.43 Å². The van der Waals surface area contributed by atoms with Crippen molar-refractivity contribution in [2.24, 2.45) is 0 Å². The molecule has 0 spiro atoms. The molecule has 3 rings (SSSR count). The number of carboxylic acid groups (broad SMARTS) is 1. The number of likely N-dealkylation sites (N-methyl/N-ethyl adjacent to an activating group) is 1. The first-order chi connectivity index (χ1) is 12.7. The van der Waals surface area contributed by atoms with Crippen molar-refractivity contribution in [3.63, 3.8) is 0 Å². The second-order valence-corrected chi connectivity index (χ2v) is 7.35. The number of anilines is 1. The summed E-state index contributed by atoms with van der Waals surface area (Å²) in [6, 6.07) is 4.99. The van der Waals surface area contributed by atoms with E-state index in [1.54, 1.807) is 24.3 Å². The van der Waals surface area contributed by atoms with Crippen molar-refractivity contribution >= 4 is 17.7 Å². The van der Waals surface area contributed by atoms with E-state index in [9.17, 15) is 19.5 Å². The molecular formula is C21H23NO5. The second-order valence-electron chi connectivity index (χ2n) is 7.35. The number of ether oxygens (including phenoxy) is 1. The molecule has 0 aromatic heterocycles. The molecule has 0 saturated carbocycles. The Morgan fingerprint density at radius 2 is 1.96 bits per heavy atom. The molecule has 2 aromatic carbocycles. The summed E-state index contributed by atoms with van der Waals surface area (Å²) in [5.74, 6) is -0.852. The average Bonchev–Trinajstić information content (AvgIpc) is 2.83. The fraction of sp³-hybridized carbons (Fsp3) is 0.381. The largest absolute Gasteiger partial charge is 0.489 e. The first-order valence-corrected chi connectivity index (χ1v) is 9.00. The Hall–Kier alpha value is -2.89. The summed E-state index contributed by atoms with van der Waals surface area (Å²) in [5.41, 5.74) is 1.42. The Labute approximate surface area is 157 Å². The first kappa shape index (κ1) is 18.9. The Kier molecular flexibility index (Phi) is 4.68. The van der Waals surface area contributed by atoms with Crippen molar-refractivity contribution in [3.05, 3.63) is 61.0 Å². The number of hydrogen-bond donors (Lipinski definition) is 1. The maximum absolute atomic E-state index is 12.1.